The number of hydrogen-bond donors (Lipinski definition) is 0. The maximum Gasteiger partial charge on any atom is 0.435 e. The first kappa shape index (κ1) is 12.4. The Hall–Kier alpha value is -1.08. The number of ether oxygens (including phenoxy) is 2. The van der Waals surface area contributed by atoms with Crippen LogP contribution in [0.5, 0.6) is 0 Å². The predicted octanol–water partition coefficient (Wildman–Crippen LogP) is 1.63. The lowest BCUT2D eigenvalue weighted by Gasteiger charge is -2.22. The zero-order chi connectivity index (χ0) is 12.5. The molecule has 17 heavy (non-hydrogen) atoms. The van der Waals surface area contributed by atoms with Crippen LogP contribution < -0.4 is 0 Å². The highest BCUT2D eigenvalue weighted by Gasteiger charge is 2.36. The Kier molecular flexibility index (Phi) is 3.39. The highest BCUT2D eigenvalue weighted by molar-refractivity contribution is 5.17. The van der Waals surface area contributed by atoms with Gasteiger partial charge in [0.05, 0.1) is 26.4 Å². The summed E-state index contributed by atoms with van der Waals surface area (Å²) in [6, 6.07) is 0. The second kappa shape index (κ2) is 4.66. The molecule has 7 heteroatoms. The molecule has 0 spiro atoms. The maximum atomic E-state index is 12.5. The molecule has 0 bridgehead atoms. The van der Waals surface area contributed by atoms with Crippen LogP contribution in [0.1, 0.15) is 11.3 Å². The van der Waals surface area contributed by atoms with E-state index in [-0.39, 0.29) is 18.2 Å². The van der Waals surface area contributed by atoms with E-state index in [2.05, 4.69) is 5.10 Å². The minimum absolute atomic E-state index is 0.120. The number of nitrogens with zero attached hydrogens (tertiary/aromatic N) is 2. The Labute approximate surface area is 96.3 Å². The van der Waals surface area contributed by atoms with Crippen molar-refractivity contribution in [3.05, 3.63) is 17.5 Å². The van der Waals surface area contributed by atoms with E-state index in [1.54, 1.807) is 0 Å². The molecule has 2 rings (SSSR count). The average Bonchev–Trinajstić information content (AvgIpc) is 2.60. The monoisotopic (exact) mass is 250 g/mol. The molecule has 96 valence electrons. The van der Waals surface area contributed by atoms with E-state index in [4.69, 9.17) is 9.47 Å². The molecule has 0 saturated carbocycles. The highest BCUT2D eigenvalue weighted by atomic mass is 19.4. The van der Waals surface area contributed by atoms with Crippen LogP contribution in [-0.2, 0) is 22.2 Å². The Bertz CT molecular complexity index is 383. The van der Waals surface area contributed by atoms with Crippen molar-refractivity contribution in [2.45, 2.75) is 25.7 Å². The lowest BCUT2D eigenvalue weighted by Crippen LogP contribution is -2.32. The fraction of sp³-hybridized carbons (Fsp3) is 0.700. The molecule has 1 unspecified atom stereocenters. The Morgan fingerprint density at radius 1 is 1.47 bits per heavy atom. The highest BCUT2D eigenvalue weighted by Crippen LogP contribution is 2.30. The van der Waals surface area contributed by atoms with Crippen molar-refractivity contribution in [3.63, 3.8) is 0 Å². The van der Waals surface area contributed by atoms with Gasteiger partial charge in [0.1, 0.15) is 6.10 Å². The van der Waals surface area contributed by atoms with Gasteiger partial charge < -0.3 is 9.47 Å². The quantitative estimate of drug-likeness (QED) is 0.800. The Balaban J connectivity index is 2.06. The molecule has 0 amide bonds. The second-order valence-corrected chi connectivity index (χ2v) is 3.95. The molecule has 1 fully saturated rings. The van der Waals surface area contributed by atoms with E-state index in [1.165, 1.54) is 17.8 Å². The SMILES string of the molecule is Cc1cn(CC2COCCO2)nc1C(F)(F)F. The molecule has 0 N–H and O–H groups in total. The van der Waals surface area contributed by atoms with Gasteiger partial charge in [0.2, 0.25) is 0 Å². The topological polar surface area (TPSA) is 36.3 Å². The van der Waals surface area contributed by atoms with E-state index >= 15 is 0 Å². The fourth-order valence-electron chi connectivity index (χ4n) is 1.75. The molecule has 0 aromatic carbocycles. The molecule has 2 heterocycles. The number of aromatic nitrogens is 2. The van der Waals surface area contributed by atoms with Gasteiger partial charge in [-0.1, -0.05) is 0 Å². The number of alkyl halides is 3. The van der Waals surface area contributed by atoms with E-state index in [9.17, 15) is 13.2 Å². The van der Waals surface area contributed by atoms with Crippen molar-refractivity contribution in [2.75, 3.05) is 19.8 Å². The van der Waals surface area contributed by atoms with Crippen molar-refractivity contribution < 1.29 is 22.6 Å². The van der Waals surface area contributed by atoms with Gasteiger partial charge in [-0.25, -0.2) is 0 Å². The van der Waals surface area contributed by atoms with Crippen molar-refractivity contribution in [3.8, 4) is 0 Å². The van der Waals surface area contributed by atoms with Crippen LogP contribution in [0.25, 0.3) is 0 Å². The third-order valence-electron chi connectivity index (χ3n) is 2.49. The van der Waals surface area contributed by atoms with Crippen LogP contribution in [0.3, 0.4) is 0 Å². The van der Waals surface area contributed by atoms with Crippen molar-refractivity contribution in [1.29, 1.82) is 0 Å². The molecule has 1 atom stereocenters. The van der Waals surface area contributed by atoms with Crippen molar-refractivity contribution in [2.24, 2.45) is 0 Å². The second-order valence-electron chi connectivity index (χ2n) is 3.95. The van der Waals surface area contributed by atoms with Crippen LogP contribution in [-0.4, -0.2) is 35.7 Å². The van der Waals surface area contributed by atoms with E-state index in [1.807, 2.05) is 0 Å². The van der Waals surface area contributed by atoms with Crippen molar-refractivity contribution >= 4 is 0 Å². The normalized spacial score (nSPS) is 21.8. The first-order chi connectivity index (χ1) is 7.97. The largest absolute Gasteiger partial charge is 0.435 e. The molecule has 0 aliphatic carbocycles. The molecule has 1 aliphatic rings. The third-order valence-corrected chi connectivity index (χ3v) is 2.49. The summed E-state index contributed by atoms with van der Waals surface area (Å²) in [6.45, 7) is 3.06. The van der Waals surface area contributed by atoms with Gasteiger partial charge in [-0.2, -0.15) is 18.3 Å². The zero-order valence-electron chi connectivity index (χ0n) is 9.33. The molecule has 1 saturated heterocycles. The lowest BCUT2D eigenvalue weighted by molar-refractivity contribution is -0.142. The Morgan fingerprint density at radius 2 is 2.24 bits per heavy atom. The number of halogens is 3. The number of hydrogen-bond acceptors (Lipinski definition) is 3. The summed E-state index contributed by atoms with van der Waals surface area (Å²) in [5.41, 5.74) is -0.719. The van der Waals surface area contributed by atoms with Crippen LogP contribution >= 0.6 is 0 Å². The molecule has 0 radical (unpaired) electrons. The van der Waals surface area contributed by atoms with Gasteiger partial charge in [0.15, 0.2) is 5.69 Å². The van der Waals surface area contributed by atoms with Gasteiger partial charge in [-0.05, 0) is 12.5 Å². The minimum Gasteiger partial charge on any atom is -0.376 e. The third kappa shape index (κ3) is 2.98. The summed E-state index contributed by atoms with van der Waals surface area (Å²) in [5.74, 6) is 0. The lowest BCUT2D eigenvalue weighted by atomic mass is 10.3. The number of rotatable bonds is 2. The first-order valence-corrected chi connectivity index (χ1v) is 5.27. The first-order valence-electron chi connectivity index (χ1n) is 5.27. The summed E-state index contributed by atoms with van der Waals surface area (Å²) in [6.07, 6.45) is -3.26. The van der Waals surface area contributed by atoms with E-state index in [0.29, 0.717) is 19.8 Å². The molecular weight excluding hydrogens is 237 g/mol. The van der Waals surface area contributed by atoms with Gasteiger partial charge in [-0.3, -0.25) is 4.68 Å². The number of aryl methyl sites for hydroxylation is 1. The fourth-order valence-corrected chi connectivity index (χ4v) is 1.75. The average molecular weight is 250 g/mol. The maximum absolute atomic E-state index is 12.5. The zero-order valence-corrected chi connectivity index (χ0v) is 9.33. The summed E-state index contributed by atoms with van der Waals surface area (Å²) in [7, 11) is 0. The van der Waals surface area contributed by atoms with Gasteiger partial charge >= 0.3 is 6.18 Å². The molecule has 1 aliphatic heterocycles. The van der Waals surface area contributed by atoms with E-state index in [0.717, 1.165) is 0 Å². The summed E-state index contributed by atoms with van der Waals surface area (Å²) in [4.78, 5) is 0. The molecular formula is C10H13F3N2O2. The van der Waals surface area contributed by atoms with Crippen LogP contribution in [0, 0.1) is 6.92 Å². The van der Waals surface area contributed by atoms with Crippen LogP contribution in [0.2, 0.25) is 0 Å². The smallest absolute Gasteiger partial charge is 0.376 e. The van der Waals surface area contributed by atoms with Gasteiger partial charge in [0, 0.05) is 6.20 Å². The van der Waals surface area contributed by atoms with Crippen molar-refractivity contribution in [1.82, 2.24) is 9.78 Å². The minimum atomic E-state index is -4.40. The predicted molar refractivity (Wildman–Crippen MR) is 52.5 cm³/mol. The van der Waals surface area contributed by atoms with E-state index < -0.39 is 11.9 Å². The standard InChI is InChI=1S/C10H13F3N2O2/c1-7-4-15(14-9(7)10(11,12)13)5-8-6-16-2-3-17-8/h4,8H,2-3,5-6H2,1H3. The molecule has 1 aromatic heterocycles. The molecule has 1 aromatic rings. The summed E-state index contributed by atoms with van der Waals surface area (Å²) >= 11 is 0. The van der Waals surface area contributed by atoms with Gasteiger partial charge in [-0.15, -0.1) is 0 Å². The molecule has 4 nitrogen and oxygen atoms in total. The van der Waals surface area contributed by atoms with Crippen LogP contribution in [0.15, 0.2) is 6.20 Å². The van der Waals surface area contributed by atoms with Crippen LogP contribution in [0.4, 0.5) is 13.2 Å². The summed E-state index contributed by atoms with van der Waals surface area (Å²) in [5, 5.41) is 3.53. The summed E-state index contributed by atoms with van der Waals surface area (Å²) < 4.78 is 49.3. The van der Waals surface area contributed by atoms with Gasteiger partial charge in [0.25, 0.3) is 0 Å². The Morgan fingerprint density at radius 3 is 2.76 bits per heavy atom.